The van der Waals surface area contributed by atoms with Crippen LogP contribution in [0, 0.1) is 0 Å². The SMILES string of the molecule is CC(C)NC(=O)[C@@H](Cc1ccccc1)N(Cc1cccc(Br)c1)C(=O)CN(c1ccc(C(C)C)cc1)S(=O)(=O)c1ccccc1. The molecule has 236 valence electrons. The summed E-state index contributed by atoms with van der Waals surface area (Å²) in [4.78, 5) is 29.9. The average molecular weight is 691 g/mol. The molecule has 0 radical (unpaired) electrons. The summed E-state index contributed by atoms with van der Waals surface area (Å²) in [5, 5.41) is 2.98. The van der Waals surface area contributed by atoms with E-state index >= 15 is 0 Å². The van der Waals surface area contributed by atoms with Gasteiger partial charge in [-0.25, -0.2) is 8.42 Å². The molecule has 0 unspecified atom stereocenters. The lowest BCUT2D eigenvalue weighted by Gasteiger charge is -2.34. The van der Waals surface area contributed by atoms with E-state index in [9.17, 15) is 18.0 Å². The highest BCUT2D eigenvalue weighted by molar-refractivity contribution is 9.10. The fourth-order valence-corrected chi connectivity index (χ4v) is 6.92. The number of halogens is 1. The van der Waals surface area contributed by atoms with Gasteiger partial charge in [0.1, 0.15) is 12.6 Å². The van der Waals surface area contributed by atoms with Gasteiger partial charge < -0.3 is 10.2 Å². The van der Waals surface area contributed by atoms with Gasteiger partial charge in [-0.1, -0.05) is 103 Å². The van der Waals surface area contributed by atoms with Crippen LogP contribution >= 0.6 is 15.9 Å². The van der Waals surface area contributed by atoms with Crippen molar-refractivity contribution in [1.29, 1.82) is 0 Å². The normalized spacial score (nSPS) is 12.2. The van der Waals surface area contributed by atoms with Crippen LogP contribution in [0.3, 0.4) is 0 Å². The molecule has 4 rings (SSSR count). The Bertz CT molecular complexity index is 1680. The molecule has 0 saturated carbocycles. The van der Waals surface area contributed by atoms with Gasteiger partial charge >= 0.3 is 0 Å². The first-order valence-corrected chi connectivity index (χ1v) is 17.2. The maximum Gasteiger partial charge on any atom is 0.264 e. The number of hydrogen-bond acceptors (Lipinski definition) is 4. The van der Waals surface area contributed by atoms with Crippen molar-refractivity contribution in [1.82, 2.24) is 10.2 Å². The fraction of sp³-hybridized carbons (Fsp3) is 0.278. The molecule has 0 aliphatic carbocycles. The molecule has 0 aliphatic rings. The molecule has 1 N–H and O–H groups in total. The van der Waals surface area contributed by atoms with Crippen molar-refractivity contribution < 1.29 is 18.0 Å². The van der Waals surface area contributed by atoms with E-state index in [4.69, 9.17) is 0 Å². The first-order chi connectivity index (χ1) is 21.5. The number of carbonyl (C=O) groups is 2. The Balaban J connectivity index is 1.81. The van der Waals surface area contributed by atoms with Gasteiger partial charge in [-0.05, 0) is 72.9 Å². The molecule has 9 heteroatoms. The number of nitrogens with one attached hydrogen (secondary N) is 1. The zero-order valence-electron chi connectivity index (χ0n) is 26.1. The van der Waals surface area contributed by atoms with Crippen LogP contribution in [0.2, 0.25) is 0 Å². The van der Waals surface area contributed by atoms with Crippen LogP contribution in [-0.2, 0) is 32.6 Å². The minimum Gasteiger partial charge on any atom is -0.352 e. The molecule has 0 spiro atoms. The molecule has 0 aliphatic heterocycles. The molecule has 0 bridgehead atoms. The van der Waals surface area contributed by atoms with Crippen molar-refractivity contribution in [3.8, 4) is 0 Å². The van der Waals surface area contributed by atoms with E-state index < -0.39 is 28.5 Å². The van der Waals surface area contributed by atoms with Crippen molar-refractivity contribution in [2.45, 2.75) is 63.6 Å². The Hall–Kier alpha value is -3.95. The number of carbonyl (C=O) groups excluding carboxylic acids is 2. The van der Waals surface area contributed by atoms with Crippen LogP contribution in [-0.4, -0.2) is 43.8 Å². The molecule has 2 amide bonds. The van der Waals surface area contributed by atoms with Crippen molar-refractivity contribution in [2.75, 3.05) is 10.8 Å². The Morgan fingerprint density at radius 1 is 0.778 bits per heavy atom. The van der Waals surface area contributed by atoms with E-state index in [2.05, 4.69) is 35.1 Å². The monoisotopic (exact) mass is 689 g/mol. The van der Waals surface area contributed by atoms with Crippen LogP contribution < -0.4 is 9.62 Å². The summed E-state index contributed by atoms with van der Waals surface area (Å²) in [6, 6.07) is 31.3. The summed E-state index contributed by atoms with van der Waals surface area (Å²) in [5.74, 6) is -0.558. The van der Waals surface area contributed by atoms with Crippen molar-refractivity contribution in [3.63, 3.8) is 0 Å². The Labute approximate surface area is 275 Å². The first-order valence-electron chi connectivity index (χ1n) is 15.0. The zero-order chi connectivity index (χ0) is 32.6. The minimum absolute atomic E-state index is 0.0719. The molecular weight excluding hydrogens is 650 g/mol. The summed E-state index contributed by atoms with van der Waals surface area (Å²) in [6.45, 7) is 7.47. The second kappa shape index (κ2) is 15.4. The quantitative estimate of drug-likeness (QED) is 0.165. The molecule has 4 aromatic rings. The first kappa shape index (κ1) is 33.9. The van der Waals surface area contributed by atoms with Gasteiger partial charge in [-0.3, -0.25) is 13.9 Å². The number of rotatable bonds is 13. The number of anilines is 1. The van der Waals surface area contributed by atoms with Crippen molar-refractivity contribution in [3.05, 3.63) is 130 Å². The van der Waals surface area contributed by atoms with Gasteiger partial charge in [0.2, 0.25) is 11.8 Å². The molecular formula is C36H40BrN3O4S. The third-order valence-corrected chi connectivity index (χ3v) is 9.68. The molecule has 0 aromatic heterocycles. The maximum atomic E-state index is 14.5. The van der Waals surface area contributed by atoms with Gasteiger partial charge in [0.05, 0.1) is 10.6 Å². The standard InChI is InChI=1S/C36H40BrN3O4S/c1-26(2)30-18-20-32(21-19-30)40(45(43,44)33-16-9-6-10-17-33)25-35(41)39(24-29-14-11-15-31(37)22-29)34(36(42)38-27(3)4)23-28-12-7-5-8-13-28/h5-22,26-27,34H,23-25H2,1-4H3,(H,38,42)/t34-/m1/s1. The summed E-state index contributed by atoms with van der Waals surface area (Å²) in [6.07, 6.45) is 0.258. The summed E-state index contributed by atoms with van der Waals surface area (Å²) >= 11 is 3.51. The van der Waals surface area contributed by atoms with E-state index in [0.29, 0.717) is 5.69 Å². The largest absolute Gasteiger partial charge is 0.352 e. The topological polar surface area (TPSA) is 86.8 Å². The third kappa shape index (κ3) is 9.05. The summed E-state index contributed by atoms with van der Waals surface area (Å²) < 4.78 is 30.2. The van der Waals surface area contributed by atoms with E-state index in [0.717, 1.165) is 25.5 Å². The van der Waals surface area contributed by atoms with Crippen molar-refractivity contribution >= 4 is 43.5 Å². The highest BCUT2D eigenvalue weighted by atomic mass is 79.9. The molecule has 7 nitrogen and oxygen atoms in total. The lowest BCUT2D eigenvalue weighted by atomic mass is 10.0. The predicted molar refractivity (Wildman–Crippen MR) is 183 cm³/mol. The van der Waals surface area contributed by atoms with E-state index in [-0.39, 0.29) is 35.7 Å². The van der Waals surface area contributed by atoms with Crippen LogP contribution in [0.4, 0.5) is 5.69 Å². The number of amides is 2. The summed E-state index contributed by atoms with van der Waals surface area (Å²) in [7, 11) is -4.14. The number of nitrogens with zero attached hydrogens (tertiary/aromatic N) is 2. The molecule has 45 heavy (non-hydrogen) atoms. The molecule has 0 saturated heterocycles. The Kier molecular flexibility index (Phi) is 11.6. The van der Waals surface area contributed by atoms with Crippen LogP contribution in [0.25, 0.3) is 0 Å². The Morgan fingerprint density at radius 2 is 1.38 bits per heavy atom. The molecule has 1 atom stereocenters. The van der Waals surface area contributed by atoms with Gasteiger partial charge in [-0.2, -0.15) is 0 Å². The van der Waals surface area contributed by atoms with Crippen LogP contribution in [0.5, 0.6) is 0 Å². The highest BCUT2D eigenvalue weighted by Crippen LogP contribution is 2.27. The van der Waals surface area contributed by atoms with Crippen LogP contribution in [0.15, 0.2) is 119 Å². The van der Waals surface area contributed by atoms with E-state index in [1.54, 1.807) is 30.3 Å². The van der Waals surface area contributed by atoms with E-state index in [1.807, 2.05) is 80.6 Å². The summed E-state index contributed by atoms with van der Waals surface area (Å²) in [5.41, 5.74) is 3.09. The number of sulfonamides is 1. The maximum absolute atomic E-state index is 14.5. The van der Waals surface area contributed by atoms with Gasteiger partial charge in [-0.15, -0.1) is 0 Å². The van der Waals surface area contributed by atoms with Gasteiger partial charge in [0.15, 0.2) is 0 Å². The Morgan fingerprint density at radius 3 is 1.96 bits per heavy atom. The highest BCUT2D eigenvalue weighted by Gasteiger charge is 2.34. The smallest absolute Gasteiger partial charge is 0.264 e. The van der Waals surface area contributed by atoms with Crippen LogP contribution in [0.1, 0.15) is 50.3 Å². The van der Waals surface area contributed by atoms with Crippen molar-refractivity contribution in [2.24, 2.45) is 0 Å². The van der Waals surface area contributed by atoms with E-state index in [1.165, 1.54) is 17.0 Å². The lowest BCUT2D eigenvalue weighted by Crippen LogP contribution is -2.54. The fourth-order valence-electron chi connectivity index (χ4n) is 5.04. The molecule has 0 fully saturated rings. The van der Waals surface area contributed by atoms with Gasteiger partial charge in [0.25, 0.3) is 10.0 Å². The molecule has 0 heterocycles. The number of hydrogen-bond donors (Lipinski definition) is 1. The second-order valence-corrected chi connectivity index (χ2v) is 14.4. The third-order valence-electron chi connectivity index (χ3n) is 7.40. The zero-order valence-corrected chi connectivity index (χ0v) is 28.5. The second-order valence-electron chi connectivity index (χ2n) is 11.6. The van der Waals surface area contributed by atoms with Gasteiger partial charge in [0, 0.05) is 23.5 Å². The predicted octanol–water partition coefficient (Wildman–Crippen LogP) is 6.93. The lowest BCUT2D eigenvalue weighted by molar-refractivity contribution is -0.140. The average Bonchev–Trinajstić information content (AvgIpc) is 3.02. The molecule has 4 aromatic carbocycles. The minimum atomic E-state index is -4.14. The number of benzene rings is 4.